The zero-order valence-corrected chi connectivity index (χ0v) is 25.6. The van der Waals surface area contributed by atoms with Crippen LogP contribution in [0, 0.1) is 0 Å². The highest BCUT2D eigenvalue weighted by Gasteiger charge is 2.31. The SMILES string of the molecule is CC1Cc2c(n(-c3ccc(-c4nc(-c5ccccc5)cc(-c5ccccc5)n4)cc3)c3ccccc23)-c2sc3ccccc3c21. The summed E-state index contributed by atoms with van der Waals surface area (Å²) in [7, 11) is 0. The van der Waals surface area contributed by atoms with Crippen molar-refractivity contribution in [3.05, 3.63) is 151 Å². The predicted octanol–water partition coefficient (Wildman–Crippen LogP) is 11.0. The Morgan fingerprint density at radius 3 is 1.91 bits per heavy atom. The van der Waals surface area contributed by atoms with E-state index >= 15 is 0 Å². The van der Waals surface area contributed by atoms with Crippen molar-refractivity contribution in [1.29, 1.82) is 0 Å². The van der Waals surface area contributed by atoms with Crippen LogP contribution in [-0.4, -0.2) is 14.5 Å². The lowest BCUT2D eigenvalue weighted by atomic mass is 9.84. The van der Waals surface area contributed by atoms with Crippen LogP contribution in [0.15, 0.2) is 140 Å². The van der Waals surface area contributed by atoms with E-state index in [2.05, 4.69) is 139 Å². The number of hydrogen-bond donors (Lipinski definition) is 0. The van der Waals surface area contributed by atoms with Crippen LogP contribution < -0.4 is 0 Å². The molecule has 0 radical (unpaired) electrons. The number of nitrogens with zero attached hydrogens (tertiary/aromatic N) is 3. The Morgan fingerprint density at radius 2 is 1.22 bits per heavy atom. The lowest BCUT2D eigenvalue weighted by Crippen LogP contribution is -2.08. The van der Waals surface area contributed by atoms with Gasteiger partial charge < -0.3 is 4.57 Å². The second kappa shape index (κ2) is 10.4. The van der Waals surface area contributed by atoms with Crippen LogP contribution in [0.25, 0.3) is 71.2 Å². The molecule has 3 aromatic heterocycles. The summed E-state index contributed by atoms with van der Waals surface area (Å²) < 4.78 is 3.84. The molecule has 45 heavy (non-hydrogen) atoms. The first kappa shape index (κ1) is 26.1. The first-order valence-corrected chi connectivity index (χ1v) is 16.3. The fourth-order valence-electron chi connectivity index (χ4n) is 7.01. The zero-order chi connectivity index (χ0) is 29.9. The van der Waals surface area contributed by atoms with E-state index < -0.39 is 0 Å². The van der Waals surface area contributed by atoms with Gasteiger partial charge in [0.25, 0.3) is 0 Å². The Balaban J connectivity index is 1.21. The van der Waals surface area contributed by atoms with Crippen LogP contribution in [0.3, 0.4) is 0 Å². The zero-order valence-electron chi connectivity index (χ0n) is 24.8. The molecule has 8 aromatic rings. The van der Waals surface area contributed by atoms with Gasteiger partial charge in [-0.3, -0.25) is 0 Å². The van der Waals surface area contributed by atoms with Crippen molar-refractivity contribution in [2.45, 2.75) is 19.3 Å². The monoisotopic (exact) mass is 595 g/mol. The number of para-hydroxylation sites is 1. The number of benzene rings is 5. The molecule has 0 spiro atoms. The highest BCUT2D eigenvalue weighted by atomic mass is 32.1. The first-order chi connectivity index (χ1) is 22.2. The summed E-state index contributed by atoms with van der Waals surface area (Å²) in [6.07, 6.45) is 1.04. The lowest BCUT2D eigenvalue weighted by Gasteiger charge is -2.22. The summed E-state index contributed by atoms with van der Waals surface area (Å²) in [6, 6.07) is 49.4. The van der Waals surface area contributed by atoms with Crippen molar-refractivity contribution < 1.29 is 0 Å². The molecule has 1 aliphatic rings. The van der Waals surface area contributed by atoms with Crippen LogP contribution in [0.2, 0.25) is 0 Å². The Kier molecular flexibility index (Phi) is 6.03. The van der Waals surface area contributed by atoms with Gasteiger partial charge >= 0.3 is 0 Å². The third-order valence-electron chi connectivity index (χ3n) is 9.08. The van der Waals surface area contributed by atoms with Gasteiger partial charge in [-0.1, -0.05) is 104 Å². The third kappa shape index (κ3) is 4.25. The van der Waals surface area contributed by atoms with Crippen LogP contribution >= 0.6 is 11.3 Å². The minimum absolute atomic E-state index is 0.470. The van der Waals surface area contributed by atoms with Crippen molar-refractivity contribution >= 4 is 32.3 Å². The smallest absolute Gasteiger partial charge is 0.160 e. The average Bonchev–Trinajstić information content (AvgIpc) is 3.66. The fourth-order valence-corrected chi connectivity index (χ4v) is 8.40. The molecule has 214 valence electrons. The summed E-state index contributed by atoms with van der Waals surface area (Å²) in [5.41, 5.74) is 11.7. The number of thiophene rings is 1. The van der Waals surface area contributed by atoms with Gasteiger partial charge in [-0.2, -0.15) is 0 Å². The van der Waals surface area contributed by atoms with Crippen LogP contribution in [-0.2, 0) is 6.42 Å². The van der Waals surface area contributed by atoms with Gasteiger partial charge in [-0.05, 0) is 71.3 Å². The van der Waals surface area contributed by atoms with Gasteiger partial charge in [-0.25, -0.2) is 9.97 Å². The normalized spacial score (nSPS) is 14.0. The van der Waals surface area contributed by atoms with Gasteiger partial charge in [0.05, 0.1) is 27.5 Å². The highest BCUT2D eigenvalue weighted by Crippen LogP contribution is 2.51. The minimum Gasteiger partial charge on any atom is -0.308 e. The molecule has 0 fully saturated rings. The Morgan fingerprint density at radius 1 is 0.622 bits per heavy atom. The van der Waals surface area contributed by atoms with E-state index in [4.69, 9.17) is 9.97 Å². The molecule has 1 aliphatic carbocycles. The molecule has 1 atom stereocenters. The quantitative estimate of drug-likeness (QED) is 0.203. The van der Waals surface area contributed by atoms with E-state index in [-0.39, 0.29) is 0 Å². The molecule has 3 heterocycles. The summed E-state index contributed by atoms with van der Waals surface area (Å²) >= 11 is 1.93. The molecule has 0 bridgehead atoms. The third-order valence-corrected chi connectivity index (χ3v) is 10.3. The molecule has 0 N–H and O–H groups in total. The maximum absolute atomic E-state index is 5.06. The summed E-state index contributed by atoms with van der Waals surface area (Å²) in [5, 5.41) is 2.74. The molecule has 9 rings (SSSR count). The highest BCUT2D eigenvalue weighted by molar-refractivity contribution is 7.22. The molecular formula is C41H29N3S. The number of aromatic nitrogens is 3. The fraction of sp³-hybridized carbons (Fsp3) is 0.0732. The van der Waals surface area contributed by atoms with Crippen molar-refractivity contribution in [2.24, 2.45) is 0 Å². The summed E-state index contributed by atoms with van der Waals surface area (Å²) in [4.78, 5) is 11.5. The Hall–Kier alpha value is -5.32. The standard InChI is InChI=1S/C41H29N3S/c1-26-24-33-31-16-8-10-18-36(31)44(39(33)40-38(26)32-17-9-11-19-37(32)45-40)30-22-20-29(21-23-30)41-42-34(27-12-4-2-5-13-27)25-35(43-41)28-14-6-3-7-15-28/h2-23,25-26H,24H2,1H3. The van der Waals surface area contributed by atoms with Crippen LogP contribution in [0.5, 0.6) is 0 Å². The van der Waals surface area contributed by atoms with E-state index in [1.807, 2.05) is 23.5 Å². The van der Waals surface area contributed by atoms with Crippen molar-refractivity contribution in [2.75, 3.05) is 0 Å². The van der Waals surface area contributed by atoms with Crippen LogP contribution in [0.1, 0.15) is 24.0 Å². The molecule has 0 aliphatic heterocycles. The average molecular weight is 596 g/mol. The summed E-state index contributed by atoms with van der Waals surface area (Å²) in [5.74, 6) is 1.19. The largest absolute Gasteiger partial charge is 0.308 e. The van der Waals surface area contributed by atoms with Gasteiger partial charge in [0, 0.05) is 32.5 Å². The van der Waals surface area contributed by atoms with E-state index in [0.29, 0.717) is 5.92 Å². The Labute approximate surface area is 266 Å². The van der Waals surface area contributed by atoms with Gasteiger partial charge in [-0.15, -0.1) is 11.3 Å². The van der Waals surface area contributed by atoms with Gasteiger partial charge in [0.1, 0.15) is 0 Å². The molecule has 0 saturated carbocycles. The van der Waals surface area contributed by atoms with E-state index in [1.165, 1.54) is 42.7 Å². The van der Waals surface area contributed by atoms with E-state index in [9.17, 15) is 0 Å². The lowest BCUT2D eigenvalue weighted by molar-refractivity contribution is 0.760. The topological polar surface area (TPSA) is 30.7 Å². The van der Waals surface area contributed by atoms with E-state index in [0.717, 1.165) is 46.0 Å². The molecule has 0 amide bonds. The number of hydrogen-bond acceptors (Lipinski definition) is 3. The molecule has 4 heteroatoms. The molecular weight excluding hydrogens is 567 g/mol. The van der Waals surface area contributed by atoms with Gasteiger partial charge in [0.15, 0.2) is 5.82 Å². The van der Waals surface area contributed by atoms with Crippen molar-refractivity contribution in [1.82, 2.24) is 14.5 Å². The minimum atomic E-state index is 0.470. The molecule has 3 nitrogen and oxygen atoms in total. The van der Waals surface area contributed by atoms with Crippen molar-refractivity contribution in [3.63, 3.8) is 0 Å². The second-order valence-electron chi connectivity index (χ2n) is 11.9. The van der Waals surface area contributed by atoms with E-state index in [1.54, 1.807) is 0 Å². The summed E-state index contributed by atoms with van der Waals surface area (Å²) in [6.45, 7) is 2.38. The predicted molar refractivity (Wildman–Crippen MR) is 188 cm³/mol. The van der Waals surface area contributed by atoms with Gasteiger partial charge in [0.2, 0.25) is 0 Å². The number of fused-ring (bicyclic) bond motifs is 7. The Bertz CT molecular complexity index is 2290. The second-order valence-corrected chi connectivity index (χ2v) is 12.9. The van der Waals surface area contributed by atoms with Crippen LogP contribution in [0.4, 0.5) is 0 Å². The molecule has 5 aromatic carbocycles. The van der Waals surface area contributed by atoms with Crippen molar-refractivity contribution in [3.8, 4) is 50.2 Å². The maximum atomic E-state index is 5.06. The molecule has 1 unspecified atom stereocenters. The first-order valence-electron chi connectivity index (χ1n) is 15.5. The molecule has 0 saturated heterocycles. The number of rotatable bonds is 4. The maximum Gasteiger partial charge on any atom is 0.160 e.